The largest absolute Gasteiger partial charge is 0.469 e. The second-order valence-corrected chi connectivity index (χ2v) is 4.43. The van der Waals surface area contributed by atoms with Crippen LogP contribution in [0.3, 0.4) is 0 Å². The molecule has 0 atom stereocenters. The summed E-state index contributed by atoms with van der Waals surface area (Å²) in [6.07, 6.45) is 7.48. The summed E-state index contributed by atoms with van der Waals surface area (Å²) in [4.78, 5) is 24.4. The SMILES string of the molecule is COC(=O)CCN(C)C(=O)CC1=CCCCC1. The maximum atomic E-state index is 11.8. The van der Waals surface area contributed by atoms with Gasteiger partial charge in [-0.15, -0.1) is 0 Å². The molecule has 1 aliphatic carbocycles. The normalized spacial score (nSPS) is 15.1. The minimum Gasteiger partial charge on any atom is -0.469 e. The number of ether oxygens (including phenoxy) is 1. The van der Waals surface area contributed by atoms with E-state index in [1.165, 1.54) is 25.5 Å². The zero-order valence-electron chi connectivity index (χ0n) is 10.7. The van der Waals surface area contributed by atoms with E-state index in [0.717, 1.165) is 12.8 Å². The van der Waals surface area contributed by atoms with Crippen LogP contribution in [0.5, 0.6) is 0 Å². The molecule has 0 aromatic heterocycles. The van der Waals surface area contributed by atoms with Crippen LogP contribution in [0.25, 0.3) is 0 Å². The first kappa shape index (κ1) is 13.7. The number of rotatable bonds is 5. The molecular formula is C13H21NO3. The van der Waals surface area contributed by atoms with Crippen LogP contribution in [0.15, 0.2) is 11.6 Å². The van der Waals surface area contributed by atoms with Crippen LogP contribution in [0.4, 0.5) is 0 Å². The predicted octanol–water partition coefficient (Wildman–Crippen LogP) is 1.90. The number of hydrogen-bond acceptors (Lipinski definition) is 3. The molecule has 1 amide bonds. The Bertz CT molecular complexity index is 310. The smallest absolute Gasteiger partial charge is 0.307 e. The van der Waals surface area contributed by atoms with Crippen molar-refractivity contribution in [3.05, 3.63) is 11.6 Å². The summed E-state index contributed by atoms with van der Waals surface area (Å²) in [5.41, 5.74) is 1.24. The van der Waals surface area contributed by atoms with Crippen molar-refractivity contribution >= 4 is 11.9 Å². The summed E-state index contributed by atoms with van der Waals surface area (Å²) in [5, 5.41) is 0. The predicted molar refractivity (Wildman–Crippen MR) is 65.4 cm³/mol. The minimum atomic E-state index is -0.276. The summed E-state index contributed by atoms with van der Waals surface area (Å²) in [5.74, 6) is -0.191. The molecule has 0 fully saturated rings. The van der Waals surface area contributed by atoms with E-state index in [4.69, 9.17) is 0 Å². The van der Waals surface area contributed by atoms with Crippen LogP contribution in [-0.2, 0) is 14.3 Å². The van der Waals surface area contributed by atoms with Gasteiger partial charge in [-0.1, -0.05) is 11.6 Å². The summed E-state index contributed by atoms with van der Waals surface area (Å²) < 4.78 is 4.54. The Labute approximate surface area is 103 Å². The van der Waals surface area contributed by atoms with Gasteiger partial charge in [-0.25, -0.2) is 0 Å². The topological polar surface area (TPSA) is 46.6 Å². The van der Waals surface area contributed by atoms with E-state index < -0.39 is 0 Å². The molecule has 0 unspecified atom stereocenters. The van der Waals surface area contributed by atoms with Crippen molar-refractivity contribution in [3.63, 3.8) is 0 Å². The zero-order chi connectivity index (χ0) is 12.7. The van der Waals surface area contributed by atoms with Crippen LogP contribution in [0.1, 0.15) is 38.5 Å². The number of allylic oxidation sites excluding steroid dienone is 1. The van der Waals surface area contributed by atoms with E-state index in [0.29, 0.717) is 13.0 Å². The molecule has 1 rings (SSSR count). The highest BCUT2D eigenvalue weighted by molar-refractivity contribution is 5.79. The number of nitrogens with zero attached hydrogens (tertiary/aromatic N) is 1. The monoisotopic (exact) mass is 239 g/mol. The second kappa shape index (κ2) is 7.09. The van der Waals surface area contributed by atoms with Gasteiger partial charge < -0.3 is 9.64 Å². The van der Waals surface area contributed by atoms with Crippen molar-refractivity contribution in [2.75, 3.05) is 20.7 Å². The van der Waals surface area contributed by atoms with Crippen molar-refractivity contribution in [3.8, 4) is 0 Å². The standard InChI is InChI=1S/C13H21NO3/c1-14(9-8-13(16)17-2)12(15)10-11-6-4-3-5-7-11/h6H,3-5,7-10H2,1-2H3. The molecule has 0 bridgehead atoms. The number of esters is 1. The fourth-order valence-corrected chi connectivity index (χ4v) is 1.88. The van der Waals surface area contributed by atoms with Crippen LogP contribution >= 0.6 is 0 Å². The lowest BCUT2D eigenvalue weighted by Gasteiger charge is -2.19. The van der Waals surface area contributed by atoms with Crippen LogP contribution in [0.2, 0.25) is 0 Å². The second-order valence-electron chi connectivity index (χ2n) is 4.43. The molecule has 0 aliphatic heterocycles. The van der Waals surface area contributed by atoms with Gasteiger partial charge in [0, 0.05) is 20.0 Å². The van der Waals surface area contributed by atoms with Gasteiger partial charge in [-0.3, -0.25) is 9.59 Å². The van der Waals surface area contributed by atoms with Crippen molar-refractivity contribution in [2.24, 2.45) is 0 Å². The van der Waals surface area contributed by atoms with Crippen molar-refractivity contribution in [1.29, 1.82) is 0 Å². The molecule has 0 spiro atoms. The van der Waals surface area contributed by atoms with E-state index in [2.05, 4.69) is 10.8 Å². The average Bonchev–Trinajstić information content (AvgIpc) is 2.36. The van der Waals surface area contributed by atoms with Gasteiger partial charge in [0.15, 0.2) is 0 Å². The Morgan fingerprint density at radius 2 is 2.18 bits per heavy atom. The fraction of sp³-hybridized carbons (Fsp3) is 0.692. The maximum Gasteiger partial charge on any atom is 0.307 e. The van der Waals surface area contributed by atoms with Gasteiger partial charge in [0.05, 0.1) is 13.5 Å². The highest BCUT2D eigenvalue weighted by Gasteiger charge is 2.14. The highest BCUT2D eigenvalue weighted by atomic mass is 16.5. The molecule has 0 saturated heterocycles. The molecule has 0 heterocycles. The molecule has 96 valence electrons. The van der Waals surface area contributed by atoms with E-state index in [1.807, 2.05) is 0 Å². The van der Waals surface area contributed by atoms with Crippen LogP contribution in [0, 0.1) is 0 Å². The Kier molecular flexibility index (Phi) is 5.73. The van der Waals surface area contributed by atoms with Gasteiger partial charge in [0.1, 0.15) is 0 Å². The maximum absolute atomic E-state index is 11.8. The third-order valence-corrected chi connectivity index (χ3v) is 3.07. The summed E-state index contributed by atoms with van der Waals surface area (Å²) in [6, 6.07) is 0. The first-order valence-corrected chi connectivity index (χ1v) is 6.12. The molecule has 1 aliphatic rings. The number of carbonyl (C=O) groups excluding carboxylic acids is 2. The summed E-state index contributed by atoms with van der Waals surface area (Å²) >= 11 is 0. The molecular weight excluding hydrogens is 218 g/mol. The van der Waals surface area contributed by atoms with Crippen molar-refractivity contribution in [1.82, 2.24) is 4.90 Å². The van der Waals surface area contributed by atoms with Gasteiger partial charge >= 0.3 is 5.97 Å². The minimum absolute atomic E-state index is 0.0852. The number of hydrogen-bond donors (Lipinski definition) is 0. The van der Waals surface area contributed by atoms with Gasteiger partial charge in [-0.2, -0.15) is 0 Å². The van der Waals surface area contributed by atoms with E-state index in [1.54, 1.807) is 11.9 Å². The first-order chi connectivity index (χ1) is 8.13. The van der Waals surface area contributed by atoms with Gasteiger partial charge in [0.25, 0.3) is 0 Å². The Balaban J connectivity index is 2.31. The van der Waals surface area contributed by atoms with E-state index in [-0.39, 0.29) is 18.3 Å². The number of carbonyl (C=O) groups is 2. The molecule has 17 heavy (non-hydrogen) atoms. The fourth-order valence-electron chi connectivity index (χ4n) is 1.88. The van der Waals surface area contributed by atoms with Gasteiger partial charge in [0.2, 0.25) is 5.91 Å². The number of methoxy groups -OCH3 is 1. The molecule has 0 N–H and O–H groups in total. The van der Waals surface area contributed by atoms with Crippen LogP contribution in [-0.4, -0.2) is 37.5 Å². The first-order valence-electron chi connectivity index (χ1n) is 6.12. The molecule has 0 aromatic carbocycles. The van der Waals surface area contributed by atoms with Crippen molar-refractivity contribution < 1.29 is 14.3 Å². The zero-order valence-corrected chi connectivity index (χ0v) is 10.7. The van der Waals surface area contributed by atoms with Crippen molar-refractivity contribution in [2.45, 2.75) is 38.5 Å². The van der Waals surface area contributed by atoms with Gasteiger partial charge in [-0.05, 0) is 25.7 Å². The third-order valence-electron chi connectivity index (χ3n) is 3.07. The quantitative estimate of drug-likeness (QED) is 0.544. The lowest BCUT2D eigenvalue weighted by atomic mass is 9.97. The Hall–Kier alpha value is -1.32. The molecule has 0 saturated carbocycles. The average molecular weight is 239 g/mol. The van der Waals surface area contributed by atoms with E-state index >= 15 is 0 Å². The lowest BCUT2D eigenvalue weighted by Crippen LogP contribution is -2.29. The third kappa shape index (κ3) is 5.02. The molecule has 0 aromatic rings. The molecule has 4 heteroatoms. The van der Waals surface area contributed by atoms with E-state index in [9.17, 15) is 9.59 Å². The van der Waals surface area contributed by atoms with Crippen LogP contribution < -0.4 is 0 Å². The number of amides is 1. The Morgan fingerprint density at radius 1 is 1.41 bits per heavy atom. The lowest BCUT2D eigenvalue weighted by molar-refractivity contribution is -0.141. The molecule has 0 radical (unpaired) electrons. The summed E-state index contributed by atoms with van der Waals surface area (Å²) in [7, 11) is 3.09. The highest BCUT2D eigenvalue weighted by Crippen LogP contribution is 2.20. The summed E-state index contributed by atoms with van der Waals surface area (Å²) in [6.45, 7) is 0.429. The molecule has 4 nitrogen and oxygen atoms in total. The Morgan fingerprint density at radius 3 is 2.76 bits per heavy atom.